The van der Waals surface area contributed by atoms with Gasteiger partial charge in [-0.1, -0.05) is 32.1 Å². The van der Waals surface area contributed by atoms with Crippen LogP contribution < -0.4 is 11.1 Å². The van der Waals surface area contributed by atoms with Crippen molar-refractivity contribution in [2.75, 3.05) is 11.1 Å². The van der Waals surface area contributed by atoms with E-state index in [0.29, 0.717) is 11.7 Å². The highest BCUT2D eigenvalue weighted by molar-refractivity contribution is 5.67. The predicted octanol–water partition coefficient (Wildman–Crippen LogP) is 4.81. The van der Waals surface area contributed by atoms with Gasteiger partial charge >= 0.3 is 6.18 Å². The minimum Gasteiger partial charge on any atom is -0.397 e. The van der Waals surface area contributed by atoms with Crippen LogP contribution in [0.2, 0.25) is 0 Å². The van der Waals surface area contributed by atoms with Gasteiger partial charge in [-0.3, -0.25) is 0 Å². The highest BCUT2D eigenvalue weighted by atomic mass is 19.4. The summed E-state index contributed by atoms with van der Waals surface area (Å²) in [5.41, 5.74) is 5.83. The van der Waals surface area contributed by atoms with E-state index in [0.717, 1.165) is 37.8 Å². The van der Waals surface area contributed by atoms with E-state index in [9.17, 15) is 13.2 Å². The molecule has 2 nitrogen and oxygen atoms in total. The predicted molar refractivity (Wildman–Crippen MR) is 75.6 cm³/mol. The Bertz CT molecular complexity index is 435. The van der Waals surface area contributed by atoms with Crippen molar-refractivity contribution in [1.29, 1.82) is 0 Å². The molecule has 1 aliphatic carbocycles. The van der Waals surface area contributed by atoms with Crippen molar-refractivity contribution in [3.05, 3.63) is 23.8 Å². The van der Waals surface area contributed by atoms with Crippen molar-refractivity contribution in [3.63, 3.8) is 0 Å². The third-order valence-corrected chi connectivity index (χ3v) is 3.84. The number of alkyl halides is 3. The van der Waals surface area contributed by atoms with Gasteiger partial charge in [0.2, 0.25) is 0 Å². The first-order chi connectivity index (χ1) is 9.47. The molecule has 0 heterocycles. The van der Waals surface area contributed by atoms with Crippen LogP contribution in [0, 0.1) is 0 Å². The zero-order chi connectivity index (χ0) is 14.6. The molecule has 1 aliphatic rings. The number of hydrogen-bond acceptors (Lipinski definition) is 2. The van der Waals surface area contributed by atoms with Crippen molar-refractivity contribution in [1.82, 2.24) is 0 Å². The number of hydrogen-bond donors (Lipinski definition) is 2. The molecule has 5 heteroatoms. The van der Waals surface area contributed by atoms with Gasteiger partial charge in [-0.25, -0.2) is 0 Å². The molecular weight excluding hydrogens is 265 g/mol. The maximum absolute atomic E-state index is 12.6. The van der Waals surface area contributed by atoms with E-state index < -0.39 is 11.7 Å². The van der Waals surface area contributed by atoms with Crippen molar-refractivity contribution >= 4 is 11.4 Å². The molecule has 1 aromatic carbocycles. The van der Waals surface area contributed by atoms with E-state index in [1.807, 2.05) is 0 Å². The van der Waals surface area contributed by atoms with Crippen LogP contribution in [-0.4, -0.2) is 6.04 Å². The zero-order valence-corrected chi connectivity index (χ0v) is 11.5. The first-order valence-corrected chi connectivity index (χ1v) is 7.20. The lowest BCUT2D eigenvalue weighted by Gasteiger charge is -2.23. The molecule has 0 aliphatic heterocycles. The highest BCUT2D eigenvalue weighted by Crippen LogP contribution is 2.33. The molecule has 20 heavy (non-hydrogen) atoms. The average Bonchev–Trinajstić information content (AvgIpc) is 2.33. The number of nitrogens with two attached hydrogens (primary N) is 1. The van der Waals surface area contributed by atoms with Gasteiger partial charge in [-0.2, -0.15) is 13.2 Å². The normalized spacial score (nSPS) is 18.4. The number of anilines is 2. The Morgan fingerprint density at radius 2 is 1.60 bits per heavy atom. The van der Waals surface area contributed by atoms with Crippen LogP contribution in [0.25, 0.3) is 0 Å². The maximum atomic E-state index is 12.6. The quantitative estimate of drug-likeness (QED) is 0.765. The molecule has 3 N–H and O–H groups in total. The van der Waals surface area contributed by atoms with Gasteiger partial charge in [0.15, 0.2) is 0 Å². The molecule has 0 aromatic heterocycles. The first-order valence-electron chi connectivity index (χ1n) is 7.20. The SMILES string of the molecule is Nc1cc(C(F)(F)F)ccc1NC1CCCCCCC1. The van der Waals surface area contributed by atoms with E-state index in [-0.39, 0.29) is 5.69 Å². The molecular formula is C15H21F3N2. The Kier molecular flexibility index (Phi) is 4.78. The smallest absolute Gasteiger partial charge is 0.397 e. The number of halogens is 3. The molecule has 0 spiro atoms. The van der Waals surface area contributed by atoms with Gasteiger partial charge in [-0.05, 0) is 31.0 Å². The van der Waals surface area contributed by atoms with Crippen molar-refractivity contribution in [3.8, 4) is 0 Å². The number of rotatable bonds is 2. The van der Waals surface area contributed by atoms with Gasteiger partial charge in [0.25, 0.3) is 0 Å². The van der Waals surface area contributed by atoms with Crippen LogP contribution in [0.5, 0.6) is 0 Å². The first kappa shape index (κ1) is 15.0. The van der Waals surface area contributed by atoms with Gasteiger partial charge in [0.1, 0.15) is 0 Å². The zero-order valence-electron chi connectivity index (χ0n) is 11.5. The largest absolute Gasteiger partial charge is 0.416 e. The molecule has 0 saturated heterocycles. The standard InChI is InChI=1S/C15H21F3N2/c16-15(17,18)11-8-9-14(13(19)10-11)20-12-6-4-2-1-3-5-7-12/h8-10,12,20H,1-7,19H2. The van der Waals surface area contributed by atoms with E-state index in [2.05, 4.69) is 5.32 Å². The van der Waals surface area contributed by atoms with E-state index >= 15 is 0 Å². The van der Waals surface area contributed by atoms with Crippen LogP contribution in [-0.2, 0) is 6.18 Å². The van der Waals surface area contributed by atoms with E-state index in [1.165, 1.54) is 25.3 Å². The van der Waals surface area contributed by atoms with Crippen LogP contribution in [0.1, 0.15) is 50.5 Å². The molecule has 0 bridgehead atoms. The second-order valence-corrected chi connectivity index (χ2v) is 5.49. The minimum absolute atomic E-state index is 0.168. The van der Waals surface area contributed by atoms with Crippen LogP contribution in [0.3, 0.4) is 0 Å². The van der Waals surface area contributed by atoms with Crippen LogP contribution in [0.4, 0.5) is 24.5 Å². The van der Waals surface area contributed by atoms with Crippen molar-refractivity contribution in [2.45, 2.75) is 57.2 Å². The highest BCUT2D eigenvalue weighted by Gasteiger charge is 2.30. The summed E-state index contributed by atoms with van der Waals surface area (Å²) in [7, 11) is 0. The molecule has 0 amide bonds. The Morgan fingerprint density at radius 3 is 2.15 bits per heavy atom. The topological polar surface area (TPSA) is 38.0 Å². The summed E-state index contributed by atoms with van der Waals surface area (Å²) in [5, 5.41) is 3.30. The monoisotopic (exact) mass is 286 g/mol. The Balaban J connectivity index is 2.05. The lowest BCUT2D eigenvalue weighted by molar-refractivity contribution is -0.137. The summed E-state index contributed by atoms with van der Waals surface area (Å²) >= 11 is 0. The van der Waals surface area contributed by atoms with E-state index in [1.54, 1.807) is 0 Å². The molecule has 1 fully saturated rings. The summed E-state index contributed by atoms with van der Waals surface area (Å²) < 4.78 is 37.7. The molecule has 0 unspecified atom stereocenters. The Labute approximate surface area is 117 Å². The maximum Gasteiger partial charge on any atom is 0.416 e. The minimum atomic E-state index is -4.34. The fourth-order valence-electron chi connectivity index (χ4n) is 2.69. The molecule has 2 rings (SSSR count). The number of benzene rings is 1. The summed E-state index contributed by atoms with van der Waals surface area (Å²) in [6.45, 7) is 0. The van der Waals surface area contributed by atoms with E-state index in [4.69, 9.17) is 5.73 Å². The van der Waals surface area contributed by atoms with Gasteiger partial charge in [0.05, 0.1) is 16.9 Å². The number of nitrogens with one attached hydrogen (secondary N) is 1. The third kappa shape index (κ3) is 4.05. The second-order valence-electron chi connectivity index (χ2n) is 5.49. The van der Waals surface area contributed by atoms with Gasteiger partial charge < -0.3 is 11.1 Å². The Morgan fingerprint density at radius 1 is 1.00 bits per heavy atom. The number of nitrogen functional groups attached to an aromatic ring is 1. The Hall–Kier alpha value is -1.39. The molecule has 0 radical (unpaired) electrons. The lowest BCUT2D eigenvalue weighted by atomic mass is 9.96. The van der Waals surface area contributed by atoms with Crippen molar-refractivity contribution < 1.29 is 13.2 Å². The van der Waals surface area contributed by atoms with Crippen LogP contribution in [0.15, 0.2) is 18.2 Å². The fraction of sp³-hybridized carbons (Fsp3) is 0.600. The molecule has 112 valence electrons. The molecule has 1 aromatic rings. The summed E-state index contributed by atoms with van der Waals surface area (Å²) in [6.07, 6.45) is 3.86. The lowest BCUT2D eigenvalue weighted by Crippen LogP contribution is -2.21. The van der Waals surface area contributed by atoms with Gasteiger partial charge in [-0.15, -0.1) is 0 Å². The van der Waals surface area contributed by atoms with Crippen LogP contribution >= 0.6 is 0 Å². The third-order valence-electron chi connectivity index (χ3n) is 3.84. The molecule has 0 atom stereocenters. The summed E-state index contributed by atoms with van der Waals surface area (Å²) in [4.78, 5) is 0. The summed E-state index contributed by atoms with van der Waals surface area (Å²) in [6, 6.07) is 3.85. The van der Waals surface area contributed by atoms with Crippen molar-refractivity contribution in [2.24, 2.45) is 0 Å². The van der Waals surface area contributed by atoms with Gasteiger partial charge in [0, 0.05) is 6.04 Å². The molecule has 1 saturated carbocycles. The second kappa shape index (κ2) is 6.37. The fourth-order valence-corrected chi connectivity index (χ4v) is 2.69. The summed E-state index contributed by atoms with van der Waals surface area (Å²) in [5.74, 6) is 0. The average molecular weight is 286 g/mol.